The lowest BCUT2D eigenvalue weighted by atomic mass is 10.1. The van der Waals surface area contributed by atoms with E-state index < -0.39 is 11.8 Å². The van der Waals surface area contributed by atoms with Crippen LogP contribution in [0.5, 0.6) is 5.75 Å². The summed E-state index contributed by atoms with van der Waals surface area (Å²) in [5, 5.41) is 9.15. The van der Waals surface area contributed by atoms with Crippen LogP contribution in [-0.4, -0.2) is 22.9 Å². The Balaban J connectivity index is 1.94. The summed E-state index contributed by atoms with van der Waals surface area (Å²) in [6, 6.07) is 14.5. The monoisotopic (exact) mass is 310 g/mol. The van der Waals surface area contributed by atoms with E-state index in [1.54, 1.807) is 30.2 Å². The maximum atomic E-state index is 11.9. The highest BCUT2D eigenvalue weighted by molar-refractivity contribution is 6.03. The molecule has 0 aliphatic heterocycles. The topological polar surface area (TPSA) is 95.5 Å². The molecular weight excluding hydrogens is 296 g/mol. The van der Waals surface area contributed by atoms with Crippen molar-refractivity contribution in [2.75, 3.05) is 0 Å². The van der Waals surface area contributed by atoms with Crippen molar-refractivity contribution in [2.24, 2.45) is 0 Å². The number of benzene rings is 2. The van der Waals surface area contributed by atoms with Crippen LogP contribution in [0.3, 0.4) is 0 Å². The number of carbonyl (C=O) groups is 2. The van der Waals surface area contributed by atoms with Crippen LogP contribution < -0.4 is 10.9 Å². The summed E-state index contributed by atoms with van der Waals surface area (Å²) in [5.41, 5.74) is 5.28. The van der Waals surface area contributed by atoms with Gasteiger partial charge >= 0.3 is 0 Å². The molecule has 6 nitrogen and oxygen atoms in total. The molecule has 3 N–H and O–H groups in total. The summed E-state index contributed by atoms with van der Waals surface area (Å²) in [7, 11) is 0. The lowest BCUT2D eigenvalue weighted by Gasteiger charge is -2.08. The fourth-order valence-electron chi connectivity index (χ4n) is 1.84. The maximum absolute atomic E-state index is 11.9. The molecule has 0 fully saturated rings. The Hall–Kier alpha value is -3.37. The molecule has 2 aromatic carbocycles. The summed E-state index contributed by atoms with van der Waals surface area (Å²) in [5.74, 6) is 0.327. The second kappa shape index (κ2) is 7.59. The third-order valence-corrected chi connectivity index (χ3v) is 3.04. The summed E-state index contributed by atoms with van der Waals surface area (Å²) in [6.07, 6.45) is 0.116. The largest absolute Gasteiger partial charge is 0.508 e. The van der Waals surface area contributed by atoms with Gasteiger partial charge in [-0.05, 0) is 29.8 Å². The molecule has 0 aliphatic rings. The molecule has 0 unspecified atom stereocenters. The summed E-state index contributed by atoms with van der Waals surface area (Å²) in [4.78, 5) is 34.7. The van der Waals surface area contributed by atoms with Crippen molar-refractivity contribution in [2.45, 2.75) is 6.42 Å². The zero-order valence-corrected chi connectivity index (χ0v) is 12.1. The fourth-order valence-corrected chi connectivity index (χ4v) is 1.84. The molecule has 0 atom stereocenters. The molecule has 0 spiro atoms. The first-order valence-electron chi connectivity index (χ1n) is 6.78. The first-order chi connectivity index (χ1) is 11.1. The minimum Gasteiger partial charge on any atom is -0.508 e. The highest BCUT2D eigenvalue weighted by atomic mass is 16.3. The van der Waals surface area contributed by atoms with Gasteiger partial charge in [-0.15, -0.1) is 0 Å². The van der Waals surface area contributed by atoms with Gasteiger partial charge in [0.05, 0.1) is 0 Å². The summed E-state index contributed by atoms with van der Waals surface area (Å²) < 4.78 is 0. The van der Waals surface area contributed by atoms with Crippen molar-refractivity contribution < 1.29 is 19.5 Å². The Morgan fingerprint density at radius 2 is 1.61 bits per heavy atom. The number of hydrogen-bond acceptors (Lipinski definition) is 4. The molecule has 0 radical (unpaired) electrons. The third-order valence-electron chi connectivity index (χ3n) is 3.04. The number of amides is 2. The lowest BCUT2D eigenvalue weighted by Crippen LogP contribution is -2.42. The first-order valence-corrected chi connectivity index (χ1v) is 6.78. The standard InChI is InChI=1S/C17H14N2O4/c20-11-14(10-12-4-2-1-3-5-12)17(23)19-18-16(22)13-6-8-15(21)9-7-13/h1-9,21H,10H2,(H,18,22)(H,19,23). The summed E-state index contributed by atoms with van der Waals surface area (Å²) >= 11 is 0. The minimum atomic E-state index is -0.726. The third kappa shape index (κ3) is 4.56. The molecule has 0 aromatic heterocycles. The molecule has 116 valence electrons. The van der Waals surface area contributed by atoms with Gasteiger partial charge in [-0.3, -0.25) is 20.4 Å². The predicted molar refractivity (Wildman–Crippen MR) is 83.1 cm³/mol. The van der Waals surface area contributed by atoms with Crippen molar-refractivity contribution in [1.82, 2.24) is 10.9 Å². The fraction of sp³-hybridized carbons (Fsp3) is 0.0588. The molecule has 0 saturated heterocycles. The Kier molecular flexibility index (Phi) is 5.28. The molecule has 2 amide bonds. The van der Waals surface area contributed by atoms with Crippen LogP contribution in [0.2, 0.25) is 0 Å². The maximum Gasteiger partial charge on any atom is 0.277 e. The van der Waals surface area contributed by atoms with E-state index in [1.807, 2.05) is 6.07 Å². The Labute approximate surface area is 132 Å². The number of hydrogen-bond donors (Lipinski definition) is 3. The number of rotatable bonds is 4. The highest BCUT2D eigenvalue weighted by Crippen LogP contribution is 2.09. The van der Waals surface area contributed by atoms with Crippen LogP contribution in [0.1, 0.15) is 15.9 Å². The zero-order chi connectivity index (χ0) is 16.7. The smallest absolute Gasteiger partial charge is 0.277 e. The van der Waals surface area contributed by atoms with Crippen LogP contribution in [0.4, 0.5) is 0 Å². The van der Waals surface area contributed by atoms with Crippen molar-refractivity contribution in [3.8, 4) is 5.75 Å². The van der Waals surface area contributed by atoms with Gasteiger partial charge < -0.3 is 5.11 Å². The molecular formula is C17H14N2O4. The van der Waals surface area contributed by atoms with Crippen LogP contribution >= 0.6 is 0 Å². The number of carbonyl (C=O) groups excluding carboxylic acids is 3. The van der Waals surface area contributed by atoms with E-state index in [-0.39, 0.29) is 23.3 Å². The number of phenolic OH excluding ortho intramolecular Hbond substituents is 1. The van der Waals surface area contributed by atoms with E-state index in [0.29, 0.717) is 0 Å². The molecule has 0 aliphatic carbocycles. The Morgan fingerprint density at radius 1 is 0.957 bits per heavy atom. The average Bonchev–Trinajstić information content (AvgIpc) is 2.58. The van der Waals surface area contributed by atoms with E-state index in [9.17, 15) is 14.4 Å². The van der Waals surface area contributed by atoms with Crippen LogP contribution in [0.25, 0.3) is 0 Å². The summed E-state index contributed by atoms with van der Waals surface area (Å²) in [6.45, 7) is 0. The molecule has 23 heavy (non-hydrogen) atoms. The molecule has 0 saturated carbocycles. The van der Waals surface area contributed by atoms with E-state index in [0.717, 1.165) is 5.56 Å². The Bertz CT molecular complexity index is 748. The van der Waals surface area contributed by atoms with E-state index in [4.69, 9.17) is 5.11 Å². The second-order valence-corrected chi connectivity index (χ2v) is 4.70. The number of aromatic hydroxyl groups is 1. The first kappa shape index (κ1) is 16.0. The number of phenols is 1. The van der Waals surface area contributed by atoms with E-state index in [2.05, 4.69) is 10.9 Å². The van der Waals surface area contributed by atoms with E-state index >= 15 is 0 Å². The van der Waals surface area contributed by atoms with Gasteiger partial charge in [0.1, 0.15) is 17.3 Å². The van der Waals surface area contributed by atoms with Gasteiger partial charge in [-0.25, -0.2) is 4.79 Å². The number of hydrazine groups is 1. The normalized spacial score (nSPS) is 9.57. The van der Waals surface area contributed by atoms with E-state index in [1.165, 1.54) is 24.3 Å². The van der Waals surface area contributed by atoms with Gasteiger partial charge in [0.2, 0.25) is 0 Å². The molecule has 2 rings (SSSR count). The molecule has 6 heteroatoms. The molecule has 0 heterocycles. The quantitative estimate of drug-likeness (QED) is 0.448. The predicted octanol–water partition coefficient (Wildman–Crippen LogP) is 1.15. The second-order valence-electron chi connectivity index (χ2n) is 4.70. The van der Waals surface area contributed by atoms with Crippen molar-refractivity contribution in [3.63, 3.8) is 0 Å². The molecule has 0 bridgehead atoms. The van der Waals surface area contributed by atoms with Gasteiger partial charge in [-0.1, -0.05) is 30.3 Å². The van der Waals surface area contributed by atoms with Gasteiger partial charge in [0, 0.05) is 12.0 Å². The van der Waals surface area contributed by atoms with Crippen LogP contribution in [0.15, 0.2) is 60.2 Å². The average molecular weight is 310 g/mol. The zero-order valence-electron chi connectivity index (χ0n) is 12.1. The number of nitrogens with one attached hydrogen (secondary N) is 2. The highest BCUT2D eigenvalue weighted by Gasteiger charge is 2.13. The van der Waals surface area contributed by atoms with Gasteiger partial charge in [0.25, 0.3) is 11.8 Å². The van der Waals surface area contributed by atoms with Crippen LogP contribution in [0, 0.1) is 0 Å². The lowest BCUT2D eigenvalue weighted by molar-refractivity contribution is -0.118. The Morgan fingerprint density at radius 3 is 2.22 bits per heavy atom. The van der Waals surface area contributed by atoms with Crippen molar-refractivity contribution in [1.29, 1.82) is 0 Å². The van der Waals surface area contributed by atoms with Gasteiger partial charge in [0.15, 0.2) is 0 Å². The minimum absolute atomic E-state index is 0.0274. The van der Waals surface area contributed by atoms with Gasteiger partial charge in [-0.2, -0.15) is 0 Å². The van der Waals surface area contributed by atoms with Crippen molar-refractivity contribution >= 4 is 17.8 Å². The molecule has 2 aromatic rings. The SMILES string of the molecule is O=C=C(Cc1ccccc1)C(=O)NNC(=O)c1ccc(O)cc1. The van der Waals surface area contributed by atoms with Crippen molar-refractivity contribution in [3.05, 3.63) is 71.3 Å². The van der Waals surface area contributed by atoms with Crippen LogP contribution in [-0.2, 0) is 16.0 Å².